The highest BCUT2D eigenvalue weighted by molar-refractivity contribution is 5.70. The van der Waals surface area contributed by atoms with Crippen molar-refractivity contribution in [1.82, 2.24) is 0 Å². The number of ether oxygens (including phenoxy) is 1. The number of carboxylic acids is 1. The Morgan fingerprint density at radius 2 is 1.75 bits per heavy atom. The van der Waals surface area contributed by atoms with E-state index in [0.717, 1.165) is 17.5 Å². The molecule has 1 rings (SSSR count). The summed E-state index contributed by atoms with van der Waals surface area (Å²) in [5.41, 5.74) is 1.79. The minimum atomic E-state index is -0.801. The molecule has 0 unspecified atom stereocenters. The molecule has 0 amide bonds. The molecule has 16 heavy (non-hydrogen) atoms. The number of benzene rings is 1. The van der Waals surface area contributed by atoms with Gasteiger partial charge in [-0.1, -0.05) is 24.3 Å². The Morgan fingerprint density at radius 3 is 2.19 bits per heavy atom. The van der Waals surface area contributed by atoms with Crippen LogP contribution in [0.1, 0.15) is 25.0 Å². The molecule has 0 aliphatic carbocycles. The normalized spacial score (nSPS) is 11.4. The highest BCUT2D eigenvalue weighted by Gasteiger charge is 2.16. The summed E-state index contributed by atoms with van der Waals surface area (Å²) in [5, 5.41) is 8.64. The minimum absolute atomic E-state index is 0.0773. The first-order valence-electron chi connectivity index (χ1n) is 5.28. The van der Waals surface area contributed by atoms with Crippen LogP contribution in [0.3, 0.4) is 0 Å². The number of hydrogen-bond donors (Lipinski definition) is 1. The van der Waals surface area contributed by atoms with E-state index in [2.05, 4.69) is 0 Å². The molecule has 1 aromatic rings. The molecule has 1 aromatic carbocycles. The van der Waals surface area contributed by atoms with Crippen molar-refractivity contribution < 1.29 is 14.6 Å². The molecule has 0 spiro atoms. The molecule has 0 atom stereocenters. The summed E-state index contributed by atoms with van der Waals surface area (Å²) in [6.45, 7) is 4.05. The van der Waals surface area contributed by atoms with E-state index in [1.165, 1.54) is 0 Å². The molecule has 0 aliphatic heterocycles. The fourth-order valence-corrected chi connectivity index (χ4v) is 1.51. The monoisotopic (exact) mass is 222 g/mol. The molecular weight excluding hydrogens is 204 g/mol. The van der Waals surface area contributed by atoms with Gasteiger partial charge >= 0.3 is 5.97 Å². The average molecular weight is 222 g/mol. The highest BCUT2D eigenvalue weighted by atomic mass is 16.5. The Morgan fingerprint density at radius 1 is 1.25 bits per heavy atom. The van der Waals surface area contributed by atoms with Gasteiger partial charge in [0.25, 0.3) is 0 Å². The lowest BCUT2D eigenvalue weighted by Gasteiger charge is -2.22. The summed E-state index contributed by atoms with van der Waals surface area (Å²) in [7, 11) is 1.69. The fraction of sp³-hybridized carbons (Fsp3) is 0.462. The number of methoxy groups -OCH3 is 1. The third-order valence-corrected chi connectivity index (χ3v) is 2.56. The zero-order valence-electron chi connectivity index (χ0n) is 9.99. The Hall–Kier alpha value is -1.35. The van der Waals surface area contributed by atoms with Crippen LogP contribution >= 0.6 is 0 Å². The van der Waals surface area contributed by atoms with Crippen molar-refractivity contribution in [2.75, 3.05) is 7.11 Å². The van der Waals surface area contributed by atoms with Crippen LogP contribution in [0.5, 0.6) is 0 Å². The number of aliphatic carboxylic acids is 1. The summed E-state index contributed by atoms with van der Waals surface area (Å²) in [6.07, 6.45) is 0.894. The molecule has 0 radical (unpaired) electrons. The van der Waals surface area contributed by atoms with E-state index >= 15 is 0 Å². The van der Waals surface area contributed by atoms with E-state index in [9.17, 15) is 4.79 Å². The van der Waals surface area contributed by atoms with Gasteiger partial charge < -0.3 is 9.84 Å². The van der Waals surface area contributed by atoms with Gasteiger partial charge in [-0.25, -0.2) is 0 Å². The first-order valence-corrected chi connectivity index (χ1v) is 5.28. The van der Waals surface area contributed by atoms with Crippen molar-refractivity contribution in [3.8, 4) is 0 Å². The number of rotatable bonds is 5. The van der Waals surface area contributed by atoms with Crippen molar-refractivity contribution in [1.29, 1.82) is 0 Å². The van der Waals surface area contributed by atoms with Gasteiger partial charge in [-0.05, 0) is 25.0 Å². The molecule has 3 nitrogen and oxygen atoms in total. The van der Waals surface area contributed by atoms with Gasteiger partial charge in [0.1, 0.15) is 0 Å². The quantitative estimate of drug-likeness (QED) is 0.831. The van der Waals surface area contributed by atoms with Crippen LogP contribution in [-0.2, 0) is 22.4 Å². The van der Waals surface area contributed by atoms with Crippen molar-refractivity contribution in [3.05, 3.63) is 35.4 Å². The SMILES string of the molecule is COC(C)(C)Cc1ccc(CC(=O)O)cc1. The number of hydrogen-bond acceptors (Lipinski definition) is 2. The Labute approximate surface area is 96.1 Å². The molecule has 0 aromatic heterocycles. The highest BCUT2D eigenvalue weighted by Crippen LogP contribution is 2.16. The van der Waals surface area contributed by atoms with Gasteiger partial charge in [0.2, 0.25) is 0 Å². The molecule has 0 bridgehead atoms. The summed E-state index contributed by atoms with van der Waals surface area (Å²) >= 11 is 0. The van der Waals surface area contributed by atoms with Gasteiger partial charge in [0.15, 0.2) is 0 Å². The largest absolute Gasteiger partial charge is 0.481 e. The van der Waals surface area contributed by atoms with Crippen molar-refractivity contribution in [2.45, 2.75) is 32.3 Å². The molecule has 88 valence electrons. The number of carboxylic acid groups (broad SMARTS) is 1. The lowest BCUT2D eigenvalue weighted by Crippen LogP contribution is -2.25. The van der Waals surface area contributed by atoms with Crippen LogP contribution in [0.2, 0.25) is 0 Å². The molecule has 0 saturated carbocycles. The van der Waals surface area contributed by atoms with Crippen LogP contribution in [0.25, 0.3) is 0 Å². The predicted molar refractivity (Wildman–Crippen MR) is 62.6 cm³/mol. The van der Waals surface area contributed by atoms with Gasteiger partial charge in [-0.15, -0.1) is 0 Å². The average Bonchev–Trinajstić information content (AvgIpc) is 2.20. The van der Waals surface area contributed by atoms with E-state index in [1.54, 1.807) is 7.11 Å². The maximum absolute atomic E-state index is 10.5. The van der Waals surface area contributed by atoms with Crippen LogP contribution in [0.4, 0.5) is 0 Å². The molecular formula is C13H18O3. The zero-order chi connectivity index (χ0) is 12.2. The summed E-state index contributed by atoms with van der Waals surface area (Å²) < 4.78 is 5.34. The van der Waals surface area contributed by atoms with Crippen molar-refractivity contribution in [3.63, 3.8) is 0 Å². The summed E-state index contributed by atoms with van der Waals surface area (Å²) in [6, 6.07) is 7.63. The molecule has 0 aliphatic rings. The minimum Gasteiger partial charge on any atom is -0.481 e. The van der Waals surface area contributed by atoms with Gasteiger partial charge in [0, 0.05) is 13.5 Å². The number of carbonyl (C=O) groups is 1. The maximum atomic E-state index is 10.5. The predicted octanol–water partition coefficient (Wildman–Crippen LogP) is 2.28. The van der Waals surface area contributed by atoms with Crippen molar-refractivity contribution in [2.24, 2.45) is 0 Å². The second kappa shape index (κ2) is 5.12. The standard InChI is InChI=1S/C13H18O3/c1-13(2,16-3)9-11-6-4-10(5-7-11)8-12(14)15/h4-7H,8-9H2,1-3H3,(H,14,15). The van der Waals surface area contributed by atoms with Crippen LogP contribution in [-0.4, -0.2) is 23.8 Å². The molecule has 3 heteroatoms. The van der Waals surface area contributed by atoms with Gasteiger partial charge in [-0.2, -0.15) is 0 Å². The van der Waals surface area contributed by atoms with E-state index in [4.69, 9.17) is 9.84 Å². The molecule has 1 N–H and O–H groups in total. The molecule has 0 heterocycles. The maximum Gasteiger partial charge on any atom is 0.307 e. The fourth-order valence-electron chi connectivity index (χ4n) is 1.51. The third kappa shape index (κ3) is 4.03. The van der Waals surface area contributed by atoms with E-state index in [0.29, 0.717) is 0 Å². The van der Waals surface area contributed by atoms with Crippen LogP contribution < -0.4 is 0 Å². The second-order valence-corrected chi connectivity index (χ2v) is 4.53. The van der Waals surface area contributed by atoms with E-state index < -0.39 is 5.97 Å². The summed E-state index contributed by atoms with van der Waals surface area (Å²) in [5.74, 6) is -0.801. The first kappa shape index (κ1) is 12.7. The second-order valence-electron chi connectivity index (χ2n) is 4.53. The van der Waals surface area contributed by atoms with E-state index in [1.807, 2.05) is 38.1 Å². The topological polar surface area (TPSA) is 46.5 Å². The Balaban J connectivity index is 2.68. The van der Waals surface area contributed by atoms with Gasteiger partial charge in [-0.3, -0.25) is 4.79 Å². The molecule has 0 saturated heterocycles. The lowest BCUT2D eigenvalue weighted by atomic mass is 9.97. The molecule has 0 fully saturated rings. The first-order chi connectivity index (χ1) is 7.43. The Bertz CT molecular complexity index is 352. The van der Waals surface area contributed by atoms with E-state index in [-0.39, 0.29) is 12.0 Å². The zero-order valence-corrected chi connectivity index (χ0v) is 9.99. The lowest BCUT2D eigenvalue weighted by molar-refractivity contribution is -0.136. The van der Waals surface area contributed by atoms with Crippen LogP contribution in [0.15, 0.2) is 24.3 Å². The van der Waals surface area contributed by atoms with Gasteiger partial charge in [0.05, 0.1) is 12.0 Å². The summed E-state index contributed by atoms with van der Waals surface area (Å²) in [4.78, 5) is 10.5. The van der Waals surface area contributed by atoms with Crippen LogP contribution in [0, 0.1) is 0 Å². The smallest absolute Gasteiger partial charge is 0.307 e. The Kier molecular flexibility index (Phi) is 4.07. The third-order valence-electron chi connectivity index (χ3n) is 2.56. The van der Waals surface area contributed by atoms with Crippen molar-refractivity contribution >= 4 is 5.97 Å².